The van der Waals surface area contributed by atoms with Crippen LogP contribution in [0.5, 0.6) is 11.5 Å². The lowest BCUT2D eigenvalue weighted by Crippen LogP contribution is -2.41. The van der Waals surface area contributed by atoms with Crippen LogP contribution in [0.4, 0.5) is 0 Å². The Bertz CT molecular complexity index is 685. The highest BCUT2D eigenvalue weighted by Gasteiger charge is 2.25. The van der Waals surface area contributed by atoms with Crippen LogP contribution in [0.2, 0.25) is 5.02 Å². The van der Waals surface area contributed by atoms with Gasteiger partial charge in [-0.25, -0.2) is 0 Å². The topological polar surface area (TPSA) is 67.9 Å². The molecule has 1 saturated heterocycles. The summed E-state index contributed by atoms with van der Waals surface area (Å²) in [6, 6.07) is 3.35. The molecule has 0 radical (unpaired) electrons. The van der Waals surface area contributed by atoms with E-state index in [1.165, 1.54) is 6.92 Å². The van der Waals surface area contributed by atoms with Crippen LogP contribution in [0.3, 0.4) is 0 Å². The molecule has 28 heavy (non-hydrogen) atoms. The van der Waals surface area contributed by atoms with Crippen molar-refractivity contribution in [2.45, 2.75) is 40.0 Å². The fourth-order valence-electron chi connectivity index (χ4n) is 3.19. The molecule has 0 atom stereocenters. The Kier molecular flexibility index (Phi) is 8.42. The molecule has 0 spiro atoms. The molecule has 1 aromatic rings. The van der Waals surface area contributed by atoms with Crippen LogP contribution in [-0.2, 0) is 4.79 Å². The number of nitrogens with one attached hydrogen (secondary N) is 1. The van der Waals surface area contributed by atoms with Gasteiger partial charge in [0.15, 0.2) is 11.5 Å². The number of rotatable bonds is 8. The molecule has 1 aliphatic heterocycles. The van der Waals surface area contributed by atoms with Gasteiger partial charge in [-0.1, -0.05) is 25.4 Å². The zero-order chi connectivity index (χ0) is 20.7. The summed E-state index contributed by atoms with van der Waals surface area (Å²) in [7, 11) is 1.54. The molecule has 0 unspecified atom stereocenters. The van der Waals surface area contributed by atoms with Crippen LogP contribution in [0.25, 0.3) is 0 Å². The standard InChI is InChI=1S/C21H31ClN2O4/c1-14(2)7-10-28-20-18(22)11-17(12-19(20)27-4)21(26)24-8-5-16(6-9-24)13-23-15(3)25/h11-12,14,16H,5-10,13H2,1-4H3,(H,23,25). The molecule has 2 amide bonds. The first-order valence-corrected chi connectivity index (χ1v) is 10.2. The molecular formula is C21H31ClN2O4. The van der Waals surface area contributed by atoms with E-state index in [9.17, 15) is 9.59 Å². The lowest BCUT2D eigenvalue weighted by molar-refractivity contribution is -0.119. The van der Waals surface area contributed by atoms with Crippen LogP contribution in [0.1, 0.15) is 50.4 Å². The molecule has 6 nitrogen and oxygen atoms in total. The van der Waals surface area contributed by atoms with Gasteiger partial charge in [0, 0.05) is 32.1 Å². The van der Waals surface area contributed by atoms with Gasteiger partial charge in [-0.15, -0.1) is 0 Å². The second-order valence-corrected chi connectivity index (χ2v) is 8.10. The number of nitrogens with zero attached hydrogens (tertiary/aromatic N) is 1. The van der Waals surface area contributed by atoms with Gasteiger partial charge < -0.3 is 19.7 Å². The highest BCUT2D eigenvalue weighted by molar-refractivity contribution is 6.32. The molecule has 1 heterocycles. The summed E-state index contributed by atoms with van der Waals surface area (Å²) >= 11 is 6.39. The molecule has 7 heteroatoms. The minimum Gasteiger partial charge on any atom is -0.493 e. The van der Waals surface area contributed by atoms with E-state index in [0.29, 0.717) is 60.2 Å². The number of piperidine rings is 1. The fourth-order valence-corrected chi connectivity index (χ4v) is 3.46. The first-order valence-electron chi connectivity index (χ1n) is 9.85. The predicted octanol–water partition coefficient (Wildman–Crippen LogP) is 3.76. The number of carbonyl (C=O) groups is 2. The first-order chi connectivity index (χ1) is 13.3. The highest BCUT2D eigenvalue weighted by atomic mass is 35.5. The maximum Gasteiger partial charge on any atom is 0.254 e. The zero-order valence-corrected chi connectivity index (χ0v) is 18.0. The normalized spacial score (nSPS) is 14.9. The largest absolute Gasteiger partial charge is 0.493 e. The average Bonchev–Trinajstić information content (AvgIpc) is 2.66. The minimum absolute atomic E-state index is 0.0176. The van der Waals surface area contributed by atoms with Crippen molar-refractivity contribution in [2.24, 2.45) is 11.8 Å². The van der Waals surface area contributed by atoms with Crippen molar-refractivity contribution in [3.8, 4) is 11.5 Å². The van der Waals surface area contributed by atoms with Crippen LogP contribution in [-0.4, -0.2) is 50.1 Å². The Labute approximate surface area is 172 Å². The molecule has 0 bridgehead atoms. The molecule has 0 aliphatic carbocycles. The highest BCUT2D eigenvalue weighted by Crippen LogP contribution is 2.37. The lowest BCUT2D eigenvalue weighted by Gasteiger charge is -2.32. The number of hydrogen-bond donors (Lipinski definition) is 1. The van der Waals surface area contributed by atoms with E-state index < -0.39 is 0 Å². The van der Waals surface area contributed by atoms with E-state index in [2.05, 4.69) is 19.2 Å². The minimum atomic E-state index is -0.0630. The number of likely N-dealkylation sites (tertiary alicyclic amines) is 1. The number of hydrogen-bond acceptors (Lipinski definition) is 4. The van der Waals surface area contributed by atoms with Crippen molar-refractivity contribution in [3.05, 3.63) is 22.7 Å². The van der Waals surface area contributed by atoms with E-state index >= 15 is 0 Å². The third-order valence-corrected chi connectivity index (χ3v) is 5.24. The molecule has 1 N–H and O–H groups in total. The van der Waals surface area contributed by atoms with Gasteiger partial charge in [0.05, 0.1) is 18.7 Å². The maximum atomic E-state index is 12.9. The molecule has 1 aromatic carbocycles. The van der Waals surface area contributed by atoms with Gasteiger partial charge >= 0.3 is 0 Å². The zero-order valence-electron chi connectivity index (χ0n) is 17.2. The van der Waals surface area contributed by atoms with Crippen LogP contribution < -0.4 is 14.8 Å². The fraction of sp³-hybridized carbons (Fsp3) is 0.619. The van der Waals surface area contributed by atoms with E-state index in [1.54, 1.807) is 19.2 Å². The second-order valence-electron chi connectivity index (χ2n) is 7.69. The van der Waals surface area contributed by atoms with E-state index in [0.717, 1.165) is 19.3 Å². The predicted molar refractivity (Wildman–Crippen MR) is 110 cm³/mol. The first kappa shape index (κ1) is 22.3. The van der Waals surface area contributed by atoms with Crippen molar-refractivity contribution >= 4 is 23.4 Å². The Morgan fingerprint density at radius 2 is 1.96 bits per heavy atom. The number of benzene rings is 1. The molecule has 0 aromatic heterocycles. The van der Waals surface area contributed by atoms with Crippen molar-refractivity contribution in [1.29, 1.82) is 0 Å². The lowest BCUT2D eigenvalue weighted by atomic mass is 9.96. The SMILES string of the molecule is COc1cc(C(=O)N2CCC(CNC(C)=O)CC2)cc(Cl)c1OCCC(C)C. The number of halogens is 1. The maximum absolute atomic E-state index is 12.9. The van der Waals surface area contributed by atoms with Crippen LogP contribution >= 0.6 is 11.6 Å². The van der Waals surface area contributed by atoms with Gasteiger partial charge in [-0.3, -0.25) is 9.59 Å². The summed E-state index contributed by atoms with van der Waals surface area (Å²) in [6.45, 7) is 8.31. The van der Waals surface area contributed by atoms with Crippen molar-refractivity contribution < 1.29 is 19.1 Å². The molecule has 0 saturated carbocycles. The quantitative estimate of drug-likeness (QED) is 0.708. The van der Waals surface area contributed by atoms with Gasteiger partial charge in [0.1, 0.15) is 0 Å². The van der Waals surface area contributed by atoms with Crippen LogP contribution in [0.15, 0.2) is 12.1 Å². The Morgan fingerprint density at radius 3 is 2.54 bits per heavy atom. The van der Waals surface area contributed by atoms with Gasteiger partial charge in [-0.05, 0) is 43.2 Å². The molecule has 1 aliphatic rings. The number of methoxy groups -OCH3 is 1. The van der Waals surface area contributed by atoms with Crippen molar-refractivity contribution in [2.75, 3.05) is 33.4 Å². The molecule has 2 rings (SSSR count). The van der Waals surface area contributed by atoms with E-state index in [1.807, 2.05) is 4.90 Å². The van der Waals surface area contributed by atoms with Gasteiger partial charge in [0.2, 0.25) is 5.91 Å². The summed E-state index contributed by atoms with van der Waals surface area (Å²) in [4.78, 5) is 25.8. The summed E-state index contributed by atoms with van der Waals surface area (Å²) in [5.74, 6) is 1.81. The van der Waals surface area contributed by atoms with Gasteiger partial charge in [0.25, 0.3) is 5.91 Å². The Morgan fingerprint density at radius 1 is 1.29 bits per heavy atom. The number of amides is 2. The summed E-state index contributed by atoms with van der Waals surface area (Å²) < 4.78 is 11.2. The summed E-state index contributed by atoms with van der Waals surface area (Å²) in [5.41, 5.74) is 0.498. The molecular weight excluding hydrogens is 380 g/mol. The average molecular weight is 411 g/mol. The molecule has 156 valence electrons. The van der Waals surface area contributed by atoms with E-state index in [-0.39, 0.29) is 11.8 Å². The molecule has 1 fully saturated rings. The summed E-state index contributed by atoms with van der Waals surface area (Å²) in [5, 5.41) is 3.23. The van der Waals surface area contributed by atoms with Gasteiger partial charge in [-0.2, -0.15) is 0 Å². The third-order valence-electron chi connectivity index (χ3n) is 4.96. The summed E-state index contributed by atoms with van der Waals surface area (Å²) in [6.07, 6.45) is 2.65. The van der Waals surface area contributed by atoms with Crippen LogP contribution in [0, 0.1) is 11.8 Å². The third kappa shape index (κ3) is 6.30. The monoisotopic (exact) mass is 410 g/mol. The smallest absolute Gasteiger partial charge is 0.254 e. The Hall–Kier alpha value is -1.95. The van der Waals surface area contributed by atoms with Crippen molar-refractivity contribution in [1.82, 2.24) is 10.2 Å². The van der Waals surface area contributed by atoms with Crippen molar-refractivity contribution in [3.63, 3.8) is 0 Å². The van der Waals surface area contributed by atoms with E-state index in [4.69, 9.17) is 21.1 Å². The number of carbonyl (C=O) groups excluding carboxylic acids is 2. The number of ether oxygens (including phenoxy) is 2. The Balaban J connectivity index is 2.01. The second kappa shape index (κ2) is 10.6.